The second-order valence-electron chi connectivity index (χ2n) is 1.29. The smallest absolute Gasteiger partial charge is 0.126 e. The van der Waals surface area contributed by atoms with E-state index in [-0.39, 0.29) is 4.83 Å². The summed E-state index contributed by atoms with van der Waals surface area (Å²) in [5.74, 6) is 2.17. The van der Waals surface area contributed by atoms with E-state index in [4.69, 9.17) is 11.5 Å². The predicted molar refractivity (Wildman–Crippen MR) is 33.2 cm³/mol. The third-order valence-corrected chi connectivity index (χ3v) is 1.11. The summed E-state index contributed by atoms with van der Waals surface area (Å²) in [7, 11) is 0. The molecule has 0 aromatic carbocycles. The molecule has 0 rings (SSSR count). The van der Waals surface area contributed by atoms with Gasteiger partial charge in [-0.25, -0.2) is 0 Å². The molecule has 0 aliphatic rings. The predicted octanol–water partition coefficient (Wildman–Crippen LogP) is 0.764. The molecule has 0 heterocycles. The minimum atomic E-state index is -0.653. The van der Waals surface area contributed by atoms with Gasteiger partial charge < -0.3 is 5.11 Å². The van der Waals surface area contributed by atoms with Gasteiger partial charge in [-0.05, 0) is 6.92 Å². The highest BCUT2D eigenvalue weighted by Gasteiger charge is 2.03. The van der Waals surface area contributed by atoms with Crippen molar-refractivity contribution in [1.82, 2.24) is 0 Å². The summed E-state index contributed by atoms with van der Waals surface area (Å²) in [6.07, 6.45) is 4.19. The fourth-order valence-corrected chi connectivity index (χ4v) is 0.285. The first-order chi connectivity index (χ1) is 3.18. The van der Waals surface area contributed by atoms with Gasteiger partial charge in [0, 0.05) is 4.83 Å². The lowest BCUT2D eigenvalue weighted by atomic mass is 10.3. The Hall–Kier alpha value is 0. The summed E-state index contributed by atoms with van der Waals surface area (Å²) in [4.78, 5) is -0.00231. The Balaban J connectivity index is 3.40. The molecule has 1 nitrogen and oxygen atoms in total. The van der Waals surface area contributed by atoms with Crippen molar-refractivity contribution in [3.8, 4) is 12.3 Å². The quantitative estimate of drug-likeness (QED) is 0.447. The maximum atomic E-state index is 8.65. The molecule has 0 aromatic heterocycles. The molecule has 0 amide bonds. The molecule has 1 N–H and O–H groups in total. The van der Waals surface area contributed by atoms with Gasteiger partial charge in [0.25, 0.3) is 0 Å². The minimum absolute atomic E-state index is 0.00231. The molecule has 0 spiro atoms. The highest BCUT2D eigenvalue weighted by molar-refractivity contribution is 9.09. The average molecular weight is 163 g/mol. The molecule has 2 heteroatoms. The van der Waals surface area contributed by atoms with Gasteiger partial charge in [0.15, 0.2) is 0 Å². The number of aliphatic hydroxyl groups excluding tert-OH is 1. The summed E-state index contributed by atoms with van der Waals surface area (Å²) >= 11 is 3.11. The number of rotatable bonds is 1. The van der Waals surface area contributed by atoms with Crippen LogP contribution in [0.4, 0.5) is 0 Å². The molecule has 0 radical (unpaired) electrons. The number of hydrogen-bond acceptors (Lipinski definition) is 1. The van der Waals surface area contributed by atoms with Crippen LogP contribution in [-0.2, 0) is 0 Å². The normalized spacial score (nSPS) is 17.4. The molecule has 0 fully saturated rings. The second kappa shape index (κ2) is 3.06. The number of aliphatic hydroxyl groups is 1. The van der Waals surface area contributed by atoms with Crippen molar-refractivity contribution < 1.29 is 5.11 Å². The summed E-state index contributed by atoms with van der Waals surface area (Å²) in [6, 6.07) is 0. The van der Waals surface area contributed by atoms with Crippen LogP contribution in [0.2, 0.25) is 0 Å². The molecular weight excluding hydrogens is 156 g/mol. The fraction of sp³-hybridized carbons (Fsp3) is 0.600. The molecule has 0 saturated carbocycles. The summed E-state index contributed by atoms with van der Waals surface area (Å²) < 4.78 is 0. The Labute approximate surface area is 51.9 Å². The van der Waals surface area contributed by atoms with Crippen molar-refractivity contribution in [1.29, 1.82) is 0 Å². The molecule has 0 aliphatic carbocycles. The van der Waals surface area contributed by atoms with E-state index in [0.29, 0.717) is 0 Å². The molecule has 2 atom stereocenters. The Morgan fingerprint density at radius 1 is 1.86 bits per heavy atom. The van der Waals surface area contributed by atoms with Gasteiger partial charge in [-0.2, -0.15) is 0 Å². The Morgan fingerprint density at radius 2 is 2.29 bits per heavy atom. The summed E-state index contributed by atoms with van der Waals surface area (Å²) in [5.41, 5.74) is 0. The number of hydrogen-bond donors (Lipinski definition) is 1. The van der Waals surface area contributed by atoms with Crippen molar-refractivity contribution in [2.75, 3.05) is 0 Å². The second-order valence-corrected chi connectivity index (χ2v) is 2.73. The molecule has 0 bridgehead atoms. The SMILES string of the molecule is C#C[C@H](O)[C@@H](C)Br. The van der Waals surface area contributed by atoms with Crippen molar-refractivity contribution >= 4 is 15.9 Å². The third-order valence-electron chi connectivity index (χ3n) is 0.606. The highest BCUT2D eigenvalue weighted by atomic mass is 79.9. The van der Waals surface area contributed by atoms with Gasteiger partial charge in [0.2, 0.25) is 0 Å². The summed E-state index contributed by atoms with van der Waals surface area (Å²) in [6.45, 7) is 1.80. The van der Waals surface area contributed by atoms with Gasteiger partial charge in [-0.1, -0.05) is 21.9 Å². The molecule has 0 saturated heterocycles. The van der Waals surface area contributed by atoms with E-state index >= 15 is 0 Å². The first-order valence-corrected chi connectivity index (χ1v) is 2.88. The lowest BCUT2D eigenvalue weighted by molar-refractivity contribution is 0.236. The average Bonchev–Trinajstić information content (AvgIpc) is 1.65. The van der Waals surface area contributed by atoms with Crippen LogP contribution in [0, 0.1) is 12.3 Å². The molecular formula is C5H7BrO. The first kappa shape index (κ1) is 7.00. The topological polar surface area (TPSA) is 20.2 Å². The van der Waals surface area contributed by atoms with Crippen LogP contribution in [-0.4, -0.2) is 16.0 Å². The van der Waals surface area contributed by atoms with Gasteiger partial charge >= 0.3 is 0 Å². The minimum Gasteiger partial charge on any atom is -0.379 e. The maximum absolute atomic E-state index is 8.65. The van der Waals surface area contributed by atoms with Crippen molar-refractivity contribution in [2.45, 2.75) is 17.9 Å². The van der Waals surface area contributed by atoms with Gasteiger partial charge in [0.1, 0.15) is 6.10 Å². The van der Waals surface area contributed by atoms with Gasteiger partial charge in [0.05, 0.1) is 0 Å². The fourth-order valence-electron chi connectivity index (χ4n) is 0.133. The van der Waals surface area contributed by atoms with E-state index in [9.17, 15) is 0 Å². The number of halogens is 1. The van der Waals surface area contributed by atoms with E-state index in [1.54, 1.807) is 6.92 Å². The van der Waals surface area contributed by atoms with Crippen LogP contribution in [0.5, 0.6) is 0 Å². The van der Waals surface area contributed by atoms with E-state index < -0.39 is 6.10 Å². The van der Waals surface area contributed by atoms with Crippen molar-refractivity contribution in [3.05, 3.63) is 0 Å². The zero-order chi connectivity index (χ0) is 5.86. The van der Waals surface area contributed by atoms with E-state index in [1.807, 2.05) is 0 Å². The van der Waals surface area contributed by atoms with E-state index in [2.05, 4.69) is 21.9 Å². The Kier molecular flexibility index (Phi) is 3.06. The number of alkyl halides is 1. The molecule has 7 heavy (non-hydrogen) atoms. The largest absolute Gasteiger partial charge is 0.379 e. The summed E-state index contributed by atoms with van der Waals surface area (Å²) in [5, 5.41) is 8.65. The Bertz CT molecular complexity index is 82.6. The molecule has 0 unspecified atom stereocenters. The van der Waals surface area contributed by atoms with Crippen LogP contribution in [0.25, 0.3) is 0 Å². The Morgan fingerprint density at radius 3 is 2.29 bits per heavy atom. The third kappa shape index (κ3) is 2.67. The van der Waals surface area contributed by atoms with Crippen LogP contribution in [0.1, 0.15) is 6.92 Å². The first-order valence-electron chi connectivity index (χ1n) is 1.96. The van der Waals surface area contributed by atoms with Crippen molar-refractivity contribution in [2.24, 2.45) is 0 Å². The van der Waals surface area contributed by atoms with E-state index in [1.165, 1.54) is 0 Å². The number of terminal acetylenes is 1. The van der Waals surface area contributed by atoms with E-state index in [0.717, 1.165) is 0 Å². The lowest BCUT2D eigenvalue weighted by Gasteiger charge is -2.01. The standard InChI is InChI=1S/C5H7BrO/c1-3-5(7)4(2)6/h1,4-5,7H,2H3/t4-,5+/m1/s1. The van der Waals surface area contributed by atoms with Gasteiger partial charge in [-0.3, -0.25) is 0 Å². The van der Waals surface area contributed by atoms with Crippen molar-refractivity contribution in [3.63, 3.8) is 0 Å². The monoisotopic (exact) mass is 162 g/mol. The van der Waals surface area contributed by atoms with Crippen LogP contribution in [0.3, 0.4) is 0 Å². The van der Waals surface area contributed by atoms with Crippen LogP contribution in [0.15, 0.2) is 0 Å². The highest BCUT2D eigenvalue weighted by Crippen LogP contribution is 2.01. The zero-order valence-electron chi connectivity index (χ0n) is 4.06. The van der Waals surface area contributed by atoms with Crippen LogP contribution < -0.4 is 0 Å². The zero-order valence-corrected chi connectivity index (χ0v) is 5.64. The molecule has 40 valence electrons. The lowest BCUT2D eigenvalue weighted by Crippen LogP contribution is -2.13. The molecule has 0 aromatic rings. The van der Waals surface area contributed by atoms with Crippen LogP contribution >= 0.6 is 15.9 Å². The maximum Gasteiger partial charge on any atom is 0.126 e. The molecule has 0 aliphatic heterocycles. The van der Waals surface area contributed by atoms with Gasteiger partial charge in [-0.15, -0.1) is 6.42 Å².